The molecule has 1 rings (SSSR count). The molecule has 1 radical (unpaired) electrons. The number of amides is 1. The highest BCUT2D eigenvalue weighted by molar-refractivity contribution is 5.88. The summed E-state index contributed by atoms with van der Waals surface area (Å²) in [7, 11) is 0. The summed E-state index contributed by atoms with van der Waals surface area (Å²) in [5, 5.41) is 0. The van der Waals surface area contributed by atoms with Crippen LogP contribution in [-0.4, -0.2) is 15.9 Å². The number of hydrogen-bond acceptors (Lipinski definition) is 3. The van der Waals surface area contributed by atoms with E-state index in [1.165, 1.54) is 12.3 Å². The van der Waals surface area contributed by atoms with Crippen molar-refractivity contribution in [3.05, 3.63) is 24.3 Å². The summed E-state index contributed by atoms with van der Waals surface area (Å²) < 4.78 is 0. The molecule has 1 aromatic heterocycles. The van der Waals surface area contributed by atoms with Gasteiger partial charge in [0.15, 0.2) is 0 Å². The zero-order valence-electron chi connectivity index (χ0n) is 4.53. The minimum atomic E-state index is -0.633. The predicted molar refractivity (Wildman–Crippen MR) is 29.4 cm³/mol. The van der Waals surface area contributed by atoms with Gasteiger partial charge in [0.1, 0.15) is 0 Å². The van der Waals surface area contributed by atoms with Crippen molar-refractivity contribution >= 4 is 5.91 Å². The molecule has 4 heteroatoms. The van der Waals surface area contributed by atoms with Crippen LogP contribution in [0.25, 0.3) is 0 Å². The average molecular weight is 122 g/mol. The van der Waals surface area contributed by atoms with Crippen molar-refractivity contribution in [2.75, 3.05) is 0 Å². The molecule has 4 nitrogen and oxygen atoms in total. The van der Waals surface area contributed by atoms with E-state index in [9.17, 15) is 4.79 Å². The molecule has 1 aromatic rings. The maximum absolute atomic E-state index is 10.3. The molecule has 0 spiro atoms. The van der Waals surface area contributed by atoms with Crippen molar-refractivity contribution in [3.8, 4) is 0 Å². The van der Waals surface area contributed by atoms with Crippen LogP contribution in [0.4, 0.5) is 0 Å². The lowest BCUT2D eigenvalue weighted by Crippen LogP contribution is -2.14. The Morgan fingerprint density at radius 2 is 2.56 bits per heavy atom. The zero-order chi connectivity index (χ0) is 6.69. The summed E-state index contributed by atoms with van der Waals surface area (Å²) in [4.78, 5) is 17.3. The molecule has 0 saturated heterocycles. The lowest BCUT2D eigenvalue weighted by atomic mass is 10.5. The number of carbonyl (C=O) groups is 1. The second kappa shape index (κ2) is 2.21. The molecule has 0 aliphatic rings. The minimum absolute atomic E-state index is 0.00231. The number of primary amides is 1. The molecule has 0 saturated carbocycles. The fourth-order valence-corrected chi connectivity index (χ4v) is 0.387. The molecule has 9 heavy (non-hydrogen) atoms. The van der Waals surface area contributed by atoms with Crippen LogP contribution in [0.5, 0.6) is 0 Å². The molecule has 0 aliphatic carbocycles. The average Bonchev–Trinajstić information content (AvgIpc) is 1.90. The van der Waals surface area contributed by atoms with Crippen molar-refractivity contribution in [2.24, 2.45) is 5.73 Å². The quantitative estimate of drug-likeness (QED) is 0.539. The first-order chi connectivity index (χ1) is 4.30. The Kier molecular flexibility index (Phi) is 1.40. The standard InChI is InChI=1S/C5H4N3O/c6-4(9)5-7-2-1-3-8-5/h1-2H,(H2,6,9). The van der Waals surface area contributed by atoms with Crippen LogP contribution in [0.15, 0.2) is 12.3 Å². The van der Waals surface area contributed by atoms with Crippen LogP contribution in [0.3, 0.4) is 0 Å². The Balaban J connectivity index is 2.98. The van der Waals surface area contributed by atoms with Crippen LogP contribution in [0.1, 0.15) is 10.6 Å². The molecule has 0 bridgehead atoms. The van der Waals surface area contributed by atoms with E-state index >= 15 is 0 Å². The largest absolute Gasteiger partial charge is 0.363 e. The lowest BCUT2D eigenvalue weighted by Gasteiger charge is -1.86. The number of nitrogens with two attached hydrogens (primary N) is 1. The maximum atomic E-state index is 10.3. The van der Waals surface area contributed by atoms with Gasteiger partial charge in [-0.1, -0.05) is 0 Å². The third-order valence-electron chi connectivity index (χ3n) is 0.737. The monoisotopic (exact) mass is 122 g/mol. The Morgan fingerprint density at radius 1 is 1.78 bits per heavy atom. The molecule has 0 atom stereocenters. The van der Waals surface area contributed by atoms with Gasteiger partial charge in [-0.05, 0) is 6.07 Å². The van der Waals surface area contributed by atoms with Crippen molar-refractivity contribution in [1.29, 1.82) is 0 Å². The minimum Gasteiger partial charge on any atom is -0.363 e. The van der Waals surface area contributed by atoms with Crippen molar-refractivity contribution < 1.29 is 4.79 Å². The first kappa shape index (κ1) is 5.68. The highest BCUT2D eigenvalue weighted by atomic mass is 16.1. The topological polar surface area (TPSA) is 68.9 Å². The molecule has 0 aliphatic heterocycles. The summed E-state index contributed by atoms with van der Waals surface area (Å²) in [6.07, 6.45) is 3.84. The highest BCUT2D eigenvalue weighted by Crippen LogP contribution is 1.81. The first-order valence-corrected chi connectivity index (χ1v) is 2.29. The Morgan fingerprint density at radius 3 is 2.89 bits per heavy atom. The zero-order valence-corrected chi connectivity index (χ0v) is 4.53. The Hall–Kier alpha value is -1.45. The fourth-order valence-electron chi connectivity index (χ4n) is 0.387. The molecular formula is C5H4N3O. The van der Waals surface area contributed by atoms with E-state index in [0.717, 1.165) is 0 Å². The van der Waals surface area contributed by atoms with Crippen LogP contribution in [0.2, 0.25) is 0 Å². The number of rotatable bonds is 1. The van der Waals surface area contributed by atoms with Gasteiger partial charge in [-0.3, -0.25) is 4.79 Å². The van der Waals surface area contributed by atoms with Crippen molar-refractivity contribution in [2.45, 2.75) is 0 Å². The first-order valence-electron chi connectivity index (χ1n) is 2.29. The second-order valence-corrected chi connectivity index (χ2v) is 1.37. The molecule has 45 valence electrons. The molecular weight excluding hydrogens is 118 g/mol. The van der Waals surface area contributed by atoms with Crippen LogP contribution in [-0.2, 0) is 0 Å². The van der Waals surface area contributed by atoms with Gasteiger partial charge >= 0.3 is 0 Å². The summed E-state index contributed by atoms with van der Waals surface area (Å²) >= 11 is 0. The summed E-state index contributed by atoms with van der Waals surface area (Å²) in [6, 6.07) is 1.49. The molecule has 0 aromatic carbocycles. The van der Waals surface area contributed by atoms with Gasteiger partial charge in [0.25, 0.3) is 5.91 Å². The molecule has 1 amide bonds. The molecule has 0 fully saturated rings. The van der Waals surface area contributed by atoms with E-state index in [1.54, 1.807) is 0 Å². The number of nitrogens with zero attached hydrogens (tertiary/aromatic N) is 2. The SMILES string of the molecule is NC(=O)c1n[c]ccn1. The third kappa shape index (κ3) is 1.22. The van der Waals surface area contributed by atoms with Gasteiger partial charge in [-0.25, -0.2) is 9.97 Å². The smallest absolute Gasteiger partial charge is 0.286 e. The third-order valence-corrected chi connectivity index (χ3v) is 0.737. The Labute approximate surface area is 51.7 Å². The van der Waals surface area contributed by atoms with Crippen LogP contribution in [0, 0.1) is 6.20 Å². The van der Waals surface area contributed by atoms with Crippen molar-refractivity contribution in [3.63, 3.8) is 0 Å². The number of hydrogen-bond donors (Lipinski definition) is 1. The fraction of sp³-hybridized carbons (Fsp3) is 0. The van der Waals surface area contributed by atoms with Crippen LogP contribution < -0.4 is 5.73 Å². The number of carbonyl (C=O) groups excluding carboxylic acids is 1. The molecule has 1 heterocycles. The van der Waals surface area contributed by atoms with E-state index in [2.05, 4.69) is 16.2 Å². The van der Waals surface area contributed by atoms with Gasteiger partial charge in [0.05, 0.1) is 6.20 Å². The van der Waals surface area contributed by atoms with Crippen molar-refractivity contribution in [1.82, 2.24) is 9.97 Å². The molecule has 2 N–H and O–H groups in total. The summed E-state index contributed by atoms with van der Waals surface area (Å²) in [5.74, 6) is -0.635. The van der Waals surface area contributed by atoms with Crippen LogP contribution >= 0.6 is 0 Å². The van der Waals surface area contributed by atoms with Gasteiger partial charge in [0.2, 0.25) is 5.82 Å². The number of aromatic nitrogens is 2. The van der Waals surface area contributed by atoms with Gasteiger partial charge in [0, 0.05) is 6.20 Å². The van der Waals surface area contributed by atoms with E-state index in [4.69, 9.17) is 5.73 Å². The molecule has 0 unspecified atom stereocenters. The van der Waals surface area contributed by atoms with Gasteiger partial charge in [-0.15, -0.1) is 0 Å². The second-order valence-electron chi connectivity index (χ2n) is 1.37. The lowest BCUT2D eigenvalue weighted by molar-refractivity contribution is 0.0990. The predicted octanol–water partition coefficient (Wildman–Crippen LogP) is -0.624. The van der Waals surface area contributed by atoms with E-state index < -0.39 is 5.91 Å². The Bertz CT molecular complexity index is 209. The summed E-state index contributed by atoms with van der Waals surface area (Å²) in [6.45, 7) is 0. The van der Waals surface area contributed by atoms with Gasteiger partial charge in [-0.2, -0.15) is 0 Å². The van der Waals surface area contributed by atoms with E-state index in [0.29, 0.717) is 0 Å². The normalized spacial score (nSPS) is 8.89. The maximum Gasteiger partial charge on any atom is 0.286 e. The van der Waals surface area contributed by atoms with Gasteiger partial charge < -0.3 is 5.73 Å². The van der Waals surface area contributed by atoms with E-state index in [1.807, 2.05) is 0 Å². The summed E-state index contributed by atoms with van der Waals surface area (Å²) in [5.41, 5.74) is 4.83. The highest BCUT2D eigenvalue weighted by Gasteiger charge is 1.98. The van der Waals surface area contributed by atoms with E-state index in [-0.39, 0.29) is 5.82 Å².